The number of pyridine rings is 1. The highest BCUT2D eigenvalue weighted by molar-refractivity contribution is 6.30. The molecule has 0 radical (unpaired) electrons. The van der Waals surface area contributed by atoms with Gasteiger partial charge >= 0.3 is 0 Å². The van der Waals surface area contributed by atoms with Gasteiger partial charge in [-0.2, -0.15) is 5.10 Å². The average Bonchev–Trinajstić information content (AvgIpc) is 3.25. The molecule has 6 rings (SSSR count). The van der Waals surface area contributed by atoms with Crippen molar-refractivity contribution in [1.82, 2.24) is 9.99 Å². The van der Waals surface area contributed by atoms with Crippen LogP contribution in [0, 0.1) is 0 Å². The lowest BCUT2D eigenvalue weighted by Crippen LogP contribution is -2.33. The number of hydrazone groups is 1. The molecule has 3 aromatic carbocycles. The van der Waals surface area contributed by atoms with Gasteiger partial charge in [0.05, 0.1) is 11.8 Å². The second-order valence-electron chi connectivity index (χ2n) is 7.65. The molecule has 146 valence electrons. The fourth-order valence-electron chi connectivity index (χ4n) is 4.34. The quantitative estimate of drug-likeness (QED) is 0.398. The monoisotopic (exact) mass is 411 g/mol. The number of hydrogen-bond donors (Lipinski definition) is 0. The molecule has 0 fully saturated rings. The number of aromatic nitrogens is 1. The van der Waals surface area contributed by atoms with Crippen LogP contribution in [0.15, 0.2) is 90.3 Å². The Morgan fingerprint density at radius 2 is 1.83 bits per heavy atom. The molecule has 2 atom stereocenters. The second-order valence-corrected chi connectivity index (χ2v) is 8.08. The molecule has 0 aliphatic carbocycles. The summed E-state index contributed by atoms with van der Waals surface area (Å²) in [6.07, 6.45) is 4.08. The van der Waals surface area contributed by atoms with Crippen molar-refractivity contribution in [3.63, 3.8) is 0 Å². The predicted molar refractivity (Wildman–Crippen MR) is 119 cm³/mol. The van der Waals surface area contributed by atoms with Crippen molar-refractivity contribution in [2.75, 3.05) is 0 Å². The van der Waals surface area contributed by atoms with Gasteiger partial charge in [-0.05, 0) is 46.7 Å². The van der Waals surface area contributed by atoms with Crippen molar-refractivity contribution in [3.05, 3.63) is 107 Å². The summed E-state index contributed by atoms with van der Waals surface area (Å²) >= 11 is 6.32. The first kappa shape index (κ1) is 17.5. The number of nitrogens with zero attached hydrogens (tertiary/aromatic N) is 3. The molecule has 0 saturated carbocycles. The first-order chi connectivity index (χ1) is 14.8. The van der Waals surface area contributed by atoms with E-state index in [1.165, 1.54) is 10.8 Å². The number of rotatable bonds is 2. The number of hydrogen-bond acceptors (Lipinski definition) is 4. The molecule has 0 bridgehead atoms. The van der Waals surface area contributed by atoms with Crippen molar-refractivity contribution in [1.29, 1.82) is 0 Å². The van der Waals surface area contributed by atoms with Crippen molar-refractivity contribution in [3.8, 4) is 5.75 Å². The third kappa shape index (κ3) is 2.84. The van der Waals surface area contributed by atoms with Gasteiger partial charge < -0.3 is 4.74 Å². The van der Waals surface area contributed by atoms with Gasteiger partial charge in [-0.1, -0.05) is 54.1 Å². The van der Waals surface area contributed by atoms with Gasteiger partial charge in [0.1, 0.15) is 5.75 Å². The Morgan fingerprint density at radius 3 is 2.70 bits per heavy atom. The van der Waals surface area contributed by atoms with Gasteiger partial charge in [-0.3, -0.25) is 4.98 Å². The van der Waals surface area contributed by atoms with E-state index in [-0.39, 0.29) is 12.3 Å². The van der Waals surface area contributed by atoms with E-state index in [1.807, 2.05) is 36.5 Å². The van der Waals surface area contributed by atoms with E-state index in [9.17, 15) is 0 Å². The Morgan fingerprint density at radius 1 is 0.933 bits per heavy atom. The first-order valence-corrected chi connectivity index (χ1v) is 10.3. The molecular weight excluding hydrogens is 394 g/mol. The lowest BCUT2D eigenvalue weighted by molar-refractivity contribution is -0.0192. The van der Waals surface area contributed by atoms with Gasteiger partial charge in [0.15, 0.2) is 0 Å². The molecule has 1 aromatic heterocycles. The third-order valence-corrected chi connectivity index (χ3v) is 6.04. The average molecular weight is 412 g/mol. The second kappa shape index (κ2) is 6.85. The van der Waals surface area contributed by atoms with Gasteiger partial charge in [0.2, 0.25) is 6.23 Å². The molecule has 2 unspecified atom stereocenters. The summed E-state index contributed by atoms with van der Waals surface area (Å²) < 4.78 is 6.36. The van der Waals surface area contributed by atoms with Crippen molar-refractivity contribution < 1.29 is 4.74 Å². The Labute approximate surface area is 179 Å². The van der Waals surface area contributed by atoms with Gasteiger partial charge in [0.25, 0.3) is 0 Å². The molecule has 0 saturated heterocycles. The summed E-state index contributed by atoms with van der Waals surface area (Å²) in [6, 6.07) is 24.8. The molecule has 0 N–H and O–H groups in total. The van der Waals surface area contributed by atoms with Crippen LogP contribution >= 0.6 is 11.6 Å². The fourth-order valence-corrected chi connectivity index (χ4v) is 4.52. The van der Waals surface area contributed by atoms with E-state index in [4.69, 9.17) is 21.4 Å². The molecule has 0 amide bonds. The summed E-state index contributed by atoms with van der Waals surface area (Å²) in [5, 5.41) is 10.2. The van der Waals surface area contributed by atoms with E-state index < -0.39 is 0 Å². The maximum Gasteiger partial charge on any atom is 0.215 e. The third-order valence-electron chi connectivity index (χ3n) is 5.80. The number of benzene rings is 3. The lowest BCUT2D eigenvalue weighted by atomic mass is 9.95. The molecule has 2 aliphatic rings. The zero-order valence-electron chi connectivity index (χ0n) is 16.1. The number of fused-ring (bicyclic) bond motifs is 4. The summed E-state index contributed by atoms with van der Waals surface area (Å²) in [7, 11) is 0. The van der Waals surface area contributed by atoms with Crippen molar-refractivity contribution in [2.24, 2.45) is 5.10 Å². The Kier molecular flexibility index (Phi) is 3.99. The van der Waals surface area contributed by atoms with Crippen LogP contribution in [0.2, 0.25) is 5.02 Å². The van der Waals surface area contributed by atoms with E-state index >= 15 is 0 Å². The molecule has 5 heteroatoms. The van der Waals surface area contributed by atoms with Crippen LogP contribution in [-0.2, 0) is 0 Å². The van der Waals surface area contributed by atoms with Crippen LogP contribution in [0.4, 0.5) is 0 Å². The smallest absolute Gasteiger partial charge is 0.215 e. The highest BCUT2D eigenvalue weighted by atomic mass is 35.5. The SMILES string of the molecule is Clc1ccc2c(c1)C1CC(c3ccc4ccccc4c3)=NN1C(c1cccnc1)O2. The largest absolute Gasteiger partial charge is 0.464 e. The van der Waals surface area contributed by atoms with Gasteiger partial charge in [-0.15, -0.1) is 0 Å². The van der Waals surface area contributed by atoms with Crippen LogP contribution in [0.3, 0.4) is 0 Å². The predicted octanol–water partition coefficient (Wildman–Crippen LogP) is 6.13. The summed E-state index contributed by atoms with van der Waals surface area (Å²) in [5.41, 5.74) is 4.24. The Bertz CT molecular complexity index is 1290. The molecule has 30 heavy (non-hydrogen) atoms. The van der Waals surface area contributed by atoms with E-state index in [0.29, 0.717) is 5.02 Å². The summed E-state index contributed by atoms with van der Waals surface area (Å²) in [6.45, 7) is 0. The van der Waals surface area contributed by atoms with Crippen LogP contribution in [0.5, 0.6) is 5.75 Å². The molecule has 0 spiro atoms. The standard InChI is InChI=1S/C25H18ClN3O/c26-20-9-10-24-21(13-20)23-14-22(18-8-7-16-4-1-2-5-17(16)12-18)28-29(23)25(30-24)19-6-3-11-27-15-19/h1-13,15,23,25H,14H2. The minimum atomic E-state index is -0.324. The first-order valence-electron chi connectivity index (χ1n) is 9.97. The summed E-state index contributed by atoms with van der Waals surface area (Å²) in [4.78, 5) is 4.28. The van der Waals surface area contributed by atoms with Crippen LogP contribution in [-0.4, -0.2) is 15.7 Å². The highest BCUT2D eigenvalue weighted by Crippen LogP contribution is 2.48. The molecule has 2 aliphatic heterocycles. The van der Waals surface area contributed by atoms with E-state index in [0.717, 1.165) is 34.6 Å². The zero-order chi connectivity index (χ0) is 20.1. The fraction of sp³-hybridized carbons (Fsp3) is 0.120. The minimum absolute atomic E-state index is 0.0686. The molecule has 3 heterocycles. The van der Waals surface area contributed by atoms with Crippen LogP contribution in [0.1, 0.15) is 35.4 Å². The van der Waals surface area contributed by atoms with Gasteiger partial charge in [0, 0.05) is 35.0 Å². The highest BCUT2D eigenvalue weighted by Gasteiger charge is 2.41. The van der Waals surface area contributed by atoms with Crippen LogP contribution in [0.25, 0.3) is 10.8 Å². The van der Waals surface area contributed by atoms with E-state index in [1.54, 1.807) is 6.20 Å². The number of ether oxygens (including phenoxy) is 1. The zero-order valence-corrected chi connectivity index (χ0v) is 16.8. The topological polar surface area (TPSA) is 37.7 Å². The Balaban J connectivity index is 1.46. The lowest BCUT2D eigenvalue weighted by Gasteiger charge is -2.38. The maximum atomic E-state index is 6.36. The normalized spacial score (nSPS) is 19.8. The van der Waals surface area contributed by atoms with E-state index in [2.05, 4.69) is 52.5 Å². The molecule has 4 nitrogen and oxygen atoms in total. The Hall–Kier alpha value is -3.37. The number of halogens is 1. The maximum absolute atomic E-state index is 6.36. The van der Waals surface area contributed by atoms with Crippen molar-refractivity contribution in [2.45, 2.75) is 18.7 Å². The molecular formula is C25H18ClN3O. The van der Waals surface area contributed by atoms with Crippen molar-refractivity contribution >= 4 is 28.1 Å². The summed E-state index contributed by atoms with van der Waals surface area (Å²) in [5.74, 6) is 0.851. The molecule has 4 aromatic rings. The minimum Gasteiger partial charge on any atom is -0.464 e. The van der Waals surface area contributed by atoms with Gasteiger partial charge in [-0.25, -0.2) is 5.01 Å². The van der Waals surface area contributed by atoms with Crippen LogP contribution < -0.4 is 4.74 Å².